The molecule has 0 aliphatic carbocycles. The van der Waals surface area contributed by atoms with Gasteiger partial charge in [0.2, 0.25) is 11.8 Å². The summed E-state index contributed by atoms with van der Waals surface area (Å²) in [6.45, 7) is 14.0. The van der Waals surface area contributed by atoms with Crippen molar-refractivity contribution in [1.29, 1.82) is 0 Å². The first-order valence-corrected chi connectivity index (χ1v) is 20.5. The minimum absolute atomic E-state index is 0. The topological polar surface area (TPSA) is 259 Å². The second kappa shape index (κ2) is 21.2. The summed E-state index contributed by atoms with van der Waals surface area (Å²) in [6, 6.07) is -0.537. The van der Waals surface area contributed by atoms with Crippen molar-refractivity contribution in [1.82, 2.24) is 26.3 Å². The summed E-state index contributed by atoms with van der Waals surface area (Å²) < 4.78 is 66.1. The smallest absolute Gasteiger partial charge is 0.748 e. The van der Waals surface area contributed by atoms with Gasteiger partial charge in [-0.25, -0.2) is 16.8 Å². The van der Waals surface area contributed by atoms with E-state index in [1.54, 1.807) is 32.1 Å². The number of rotatable bonds is 18. The largest absolute Gasteiger partial charge is 1.00 e. The minimum atomic E-state index is -4.52. The molecule has 0 saturated heterocycles. The van der Waals surface area contributed by atoms with Crippen LogP contribution >= 0.6 is 0 Å². The van der Waals surface area contributed by atoms with Crippen LogP contribution in [-0.2, 0) is 52.3 Å². The zero-order valence-electron chi connectivity index (χ0n) is 33.0. The summed E-state index contributed by atoms with van der Waals surface area (Å²) in [5, 5.41) is 10.6. The number of nitrogens with zero attached hydrogens (tertiary/aromatic N) is 1. The van der Waals surface area contributed by atoms with Gasteiger partial charge in [0.15, 0.2) is 0 Å². The molecule has 0 fully saturated rings. The molecule has 16 nitrogen and oxygen atoms in total. The van der Waals surface area contributed by atoms with Crippen molar-refractivity contribution in [2.45, 2.75) is 65.8 Å². The third-order valence-electron chi connectivity index (χ3n) is 9.60. The SMILES string of the molecule is C=CC1=C(C)C(=O)NC1=CC1=NC(Cc2[nH]c(/C=C3/NC(=O)C(C=C)=C3C)c(C)c2CCC(=O)NCCS(=O)(=O)[O-])C(CCC(=O)NCCS(=O)(=O)[O-])=C1C.[Na+].[Na+]. The fraction of sp³-hybridized carbons (Fsp3) is 0.378. The molecule has 4 heterocycles. The molecule has 4 amide bonds. The van der Waals surface area contributed by atoms with Crippen LogP contribution in [0.4, 0.5) is 0 Å². The van der Waals surface area contributed by atoms with Crippen molar-refractivity contribution in [2.24, 2.45) is 4.99 Å². The van der Waals surface area contributed by atoms with E-state index >= 15 is 0 Å². The van der Waals surface area contributed by atoms with E-state index in [1.807, 2.05) is 13.8 Å². The molecule has 296 valence electrons. The van der Waals surface area contributed by atoms with Gasteiger partial charge in [-0.1, -0.05) is 25.3 Å². The Bertz CT molecular complexity index is 2270. The zero-order valence-corrected chi connectivity index (χ0v) is 38.6. The first-order chi connectivity index (χ1) is 25.7. The van der Waals surface area contributed by atoms with Gasteiger partial charge in [0.1, 0.15) is 0 Å². The van der Waals surface area contributed by atoms with E-state index in [0.717, 1.165) is 22.3 Å². The Morgan fingerprint density at radius 1 is 0.772 bits per heavy atom. The Morgan fingerprint density at radius 2 is 1.32 bits per heavy atom. The maximum Gasteiger partial charge on any atom is 1.00 e. The summed E-state index contributed by atoms with van der Waals surface area (Å²) in [5.41, 5.74) is 8.26. The molecule has 0 aromatic carbocycles. The standard InChI is InChI=1S/C37H46N6O10S2.2Na/c1-7-24-23(6)36(46)43-31(24)18-29-22(5)27(10-12-35(45)39-14-16-55(51,52)53)33(41-29)19-32-26(9-11-34(44)38-13-15-54(48,49)50)21(4)28(40-32)17-30-20(3)25(8-2)37(47)42-30;;/h7-8,17-18,33,40H,1-2,9-16,19H2,3-6H3,(H,38,44)(H,39,45)(H,42,47)(H,43,46)(H,48,49,50)(H,51,52,53);;/q;2*+1/p-2/b30-17+,31-18?;;. The van der Waals surface area contributed by atoms with Crippen LogP contribution in [0.5, 0.6) is 0 Å². The van der Waals surface area contributed by atoms with Crippen LogP contribution in [-0.4, -0.2) is 90.9 Å². The van der Waals surface area contributed by atoms with Gasteiger partial charge in [-0.3, -0.25) is 24.2 Å². The molecule has 20 heteroatoms. The third kappa shape index (κ3) is 13.4. The minimum Gasteiger partial charge on any atom is -0.748 e. The fourth-order valence-corrected chi connectivity index (χ4v) is 7.25. The summed E-state index contributed by atoms with van der Waals surface area (Å²) in [6.07, 6.45) is 7.16. The van der Waals surface area contributed by atoms with Gasteiger partial charge >= 0.3 is 59.1 Å². The molecule has 3 aliphatic rings. The first kappa shape index (κ1) is 50.0. The van der Waals surface area contributed by atoms with Crippen LogP contribution in [0.15, 0.2) is 81.2 Å². The van der Waals surface area contributed by atoms with Gasteiger partial charge in [-0.15, -0.1) is 0 Å². The van der Waals surface area contributed by atoms with Gasteiger partial charge in [-0.05, 0) is 80.5 Å². The van der Waals surface area contributed by atoms with E-state index in [2.05, 4.69) is 39.4 Å². The van der Waals surface area contributed by atoms with E-state index < -0.39 is 49.6 Å². The Balaban J connectivity index is 0.00000561. The molecule has 1 unspecified atom stereocenters. The van der Waals surface area contributed by atoms with Crippen LogP contribution in [0.2, 0.25) is 0 Å². The van der Waals surface area contributed by atoms with Crippen molar-refractivity contribution in [3.8, 4) is 0 Å². The van der Waals surface area contributed by atoms with Crippen LogP contribution in [0.25, 0.3) is 6.08 Å². The average Bonchev–Trinajstić information content (AvgIpc) is 3.73. The average molecular weight is 843 g/mol. The van der Waals surface area contributed by atoms with E-state index in [0.29, 0.717) is 50.8 Å². The number of aromatic amines is 1. The molecular weight excluding hydrogens is 799 g/mol. The van der Waals surface area contributed by atoms with Crippen LogP contribution < -0.4 is 80.4 Å². The Kier molecular flexibility index (Phi) is 18.6. The molecule has 0 spiro atoms. The fourth-order valence-electron chi connectivity index (χ4n) is 6.55. The number of hydrogen-bond acceptors (Lipinski definition) is 11. The Hall–Kier alpha value is -3.17. The summed E-state index contributed by atoms with van der Waals surface area (Å²) in [4.78, 5) is 58.9. The van der Waals surface area contributed by atoms with Gasteiger partial charge in [-0.2, -0.15) is 0 Å². The Labute approximate surface area is 377 Å². The first-order valence-electron chi connectivity index (χ1n) is 17.3. The van der Waals surface area contributed by atoms with E-state index in [4.69, 9.17) is 4.99 Å². The van der Waals surface area contributed by atoms with Gasteiger partial charge in [0, 0.05) is 66.2 Å². The molecule has 57 heavy (non-hydrogen) atoms. The van der Waals surface area contributed by atoms with E-state index in [1.165, 1.54) is 6.08 Å². The maximum atomic E-state index is 12.7. The van der Waals surface area contributed by atoms with E-state index in [-0.39, 0.29) is 116 Å². The second-order valence-electron chi connectivity index (χ2n) is 13.2. The maximum absolute atomic E-state index is 12.7. The van der Waals surface area contributed by atoms with E-state index in [9.17, 15) is 45.1 Å². The van der Waals surface area contributed by atoms with Crippen molar-refractivity contribution >= 4 is 55.7 Å². The Morgan fingerprint density at radius 3 is 1.84 bits per heavy atom. The number of aromatic nitrogens is 1. The number of carbonyl (C=O) groups is 4. The van der Waals surface area contributed by atoms with Crippen LogP contribution in [0.3, 0.4) is 0 Å². The number of hydrogen-bond donors (Lipinski definition) is 5. The summed E-state index contributed by atoms with van der Waals surface area (Å²) in [5.74, 6) is -2.99. The van der Waals surface area contributed by atoms with Crippen LogP contribution in [0, 0.1) is 6.92 Å². The number of aliphatic imine (C=N–C) groups is 1. The predicted molar refractivity (Wildman–Crippen MR) is 204 cm³/mol. The van der Waals surface area contributed by atoms with Crippen LogP contribution in [0.1, 0.15) is 62.5 Å². The normalized spacial score (nSPS) is 18.4. The molecule has 0 bridgehead atoms. The molecule has 1 aromatic rings. The number of amides is 4. The number of nitrogens with one attached hydrogen (secondary N) is 5. The summed E-state index contributed by atoms with van der Waals surface area (Å²) in [7, 11) is -9.03. The number of carbonyl (C=O) groups excluding carboxylic acids is 4. The second-order valence-corrected chi connectivity index (χ2v) is 16.3. The third-order valence-corrected chi connectivity index (χ3v) is 11.0. The molecule has 3 aliphatic heterocycles. The molecule has 0 saturated carbocycles. The van der Waals surface area contributed by atoms with Gasteiger partial charge in [0.05, 0.1) is 49.2 Å². The van der Waals surface area contributed by atoms with Crippen molar-refractivity contribution in [3.05, 3.63) is 98.7 Å². The molecule has 0 radical (unpaired) electrons. The van der Waals surface area contributed by atoms with Gasteiger partial charge in [0.25, 0.3) is 11.8 Å². The predicted octanol–water partition coefficient (Wildman–Crippen LogP) is -4.46. The van der Waals surface area contributed by atoms with Gasteiger partial charge < -0.3 is 35.4 Å². The molecule has 4 rings (SSSR count). The van der Waals surface area contributed by atoms with Crippen molar-refractivity contribution in [3.63, 3.8) is 0 Å². The summed E-state index contributed by atoms with van der Waals surface area (Å²) >= 11 is 0. The zero-order chi connectivity index (χ0) is 40.8. The molecule has 5 N–H and O–H groups in total. The molecule has 1 atom stereocenters. The molecular formula is C37H44N6Na2O10S2. The monoisotopic (exact) mass is 842 g/mol. The number of allylic oxidation sites excluding steroid dienone is 4. The quantitative estimate of drug-likeness (QED) is 0.0700. The van der Waals surface area contributed by atoms with Crippen molar-refractivity contribution in [2.75, 3.05) is 24.6 Å². The molecule has 1 aromatic heterocycles. The van der Waals surface area contributed by atoms with Crippen molar-refractivity contribution < 1.29 is 104 Å². The number of H-pyrrole nitrogens is 1.